The van der Waals surface area contributed by atoms with E-state index in [1.165, 1.54) is 6.20 Å². The number of oxime groups is 1. The number of hydrogen-bond donors (Lipinski definition) is 1. The van der Waals surface area contributed by atoms with Gasteiger partial charge in [0.15, 0.2) is 5.65 Å². The molecule has 0 amide bonds. The zero-order valence-electron chi connectivity index (χ0n) is 14.2. The van der Waals surface area contributed by atoms with Crippen LogP contribution in [-0.4, -0.2) is 31.5 Å². The van der Waals surface area contributed by atoms with Gasteiger partial charge >= 0.3 is 0 Å². The van der Waals surface area contributed by atoms with Gasteiger partial charge < -0.3 is 9.94 Å². The Balaban J connectivity index is 2.61. The van der Waals surface area contributed by atoms with Crippen LogP contribution in [0, 0.1) is 0 Å². The summed E-state index contributed by atoms with van der Waals surface area (Å²) >= 11 is 6.29. The molecule has 0 saturated carbocycles. The van der Waals surface area contributed by atoms with E-state index >= 15 is 0 Å². The van der Waals surface area contributed by atoms with Crippen LogP contribution < -0.4 is 0 Å². The van der Waals surface area contributed by atoms with Crippen molar-refractivity contribution < 1.29 is 9.94 Å². The molecule has 0 aromatic carbocycles. The number of imidazole rings is 1. The maximum Gasteiger partial charge on any atom is 0.296 e. The van der Waals surface area contributed by atoms with Gasteiger partial charge in [-0.25, -0.2) is 4.98 Å². The highest BCUT2D eigenvalue weighted by atomic mass is 35.5. The largest absolute Gasteiger partial charge is 0.480 e. The monoisotopic (exact) mass is 338 g/mol. The molecule has 0 spiro atoms. The molecule has 7 heteroatoms. The molecule has 2 heterocycles. The quantitative estimate of drug-likeness (QED) is 0.651. The standard InChI is InChI=1S/C16H23ClN4O2/c1-6-10(7-2)21-13-11(8-19-23-16(3,4)5)12(17)9-18-14(13)20-15(21)22/h8-10H,6-7H2,1-5H3,(H,18,20,22)/b19-8+. The summed E-state index contributed by atoms with van der Waals surface area (Å²) in [7, 11) is 0. The summed E-state index contributed by atoms with van der Waals surface area (Å²) < 4.78 is 1.77. The fourth-order valence-corrected chi connectivity index (χ4v) is 2.60. The van der Waals surface area contributed by atoms with Crippen molar-refractivity contribution in [2.75, 3.05) is 0 Å². The predicted octanol–water partition coefficient (Wildman–Crippen LogP) is 4.30. The number of nitrogens with zero attached hydrogens (tertiary/aromatic N) is 4. The molecule has 23 heavy (non-hydrogen) atoms. The first-order valence-corrected chi connectivity index (χ1v) is 8.13. The summed E-state index contributed by atoms with van der Waals surface area (Å²) in [5.74, 6) is 0. The third kappa shape index (κ3) is 3.75. The van der Waals surface area contributed by atoms with Crippen LogP contribution in [0.15, 0.2) is 11.4 Å². The van der Waals surface area contributed by atoms with Crippen LogP contribution in [0.4, 0.5) is 0 Å². The molecule has 0 radical (unpaired) electrons. The molecule has 0 aliphatic heterocycles. The van der Waals surface area contributed by atoms with Crippen LogP contribution in [0.1, 0.15) is 59.1 Å². The molecular weight excluding hydrogens is 316 g/mol. The van der Waals surface area contributed by atoms with Gasteiger partial charge in [-0.05, 0) is 33.6 Å². The van der Waals surface area contributed by atoms with E-state index in [4.69, 9.17) is 16.4 Å². The second-order valence-corrected chi connectivity index (χ2v) is 6.79. The number of aromatic hydroxyl groups is 1. The third-order valence-corrected chi connectivity index (χ3v) is 3.80. The highest BCUT2D eigenvalue weighted by molar-refractivity contribution is 6.34. The molecule has 2 rings (SSSR count). The van der Waals surface area contributed by atoms with Gasteiger partial charge in [0.25, 0.3) is 6.01 Å². The second kappa shape index (κ2) is 6.74. The molecule has 126 valence electrons. The zero-order chi connectivity index (χ0) is 17.2. The van der Waals surface area contributed by atoms with Crippen molar-refractivity contribution >= 4 is 29.0 Å². The van der Waals surface area contributed by atoms with Crippen LogP contribution in [-0.2, 0) is 4.84 Å². The summed E-state index contributed by atoms with van der Waals surface area (Å²) in [5, 5.41) is 14.7. The van der Waals surface area contributed by atoms with E-state index in [0.29, 0.717) is 21.7 Å². The first-order valence-electron chi connectivity index (χ1n) is 7.75. The van der Waals surface area contributed by atoms with Crippen molar-refractivity contribution in [3.8, 4) is 6.01 Å². The van der Waals surface area contributed by atoms with Crippen molar-refractivity contribution in [1.29, 1.82) is 0 Å². The van der Waals surface area contributed by atoms with Crippen molar-refractivity contribution in [2.24, 2.45) is 5.16 Å². The van der Waals surface area contributed by atoms with E-state index in [1.807, 2.05) is 20.8 Å². The molecule has 1 N–H and O–H groups in total. The molecule has 0 aliphatic rings. The minimum Gasteiger partial charge on any atom is -0.480 e. The molecule has 0 atom stereocenters. The Morgan fingerprint density at radius 3 is 2.61 bits per heavy atom. The molecule has 0 bridgehead atoms. The van der Waals surface area contributed by atoms with Crippen LogP contribution >= 0.6 is 11.6 Å². The summed E-state index contributed by atoms with van der Waals surface area (Å²) in [4.78, 5) is 13.7. The minimum absolute atomic E-state index is 0.0603. The first kappa shape index (κ1) is 17.5. The number of rotatable bonds is 5. The summed E-state index contributed by atoms with van der Waals surface area (Å²) in [6.07, 6.45) is 4.78. The molecule has 0 unspecified atom stereocenters. The van der Waals surface area contributed by atoms with Gasteiger partial charge in [0, 0.05) is 17.8 Å². The average Bonchev–Trinajstić information content (AvgIpc) is 2.79. The van der Waals surface area contributed by atoms with E-state index in [-0.39, 0.29) is 12.1 Å². The van der Waals surface area contributed by atoms with Crippen molar-refractivity contribution in [3.05, 3.63) is 16.8 Å². The highest BCUT2D eigenvalue weighted by Gasteiger charge is 2.21. The fraction of sp³-hybridized carbons (Fsp3) is 0.562. The van der Waals surface area contributed by atoms with Crippen molar-refractivity contribution in [2.45, 2.75) is 59.1 Å². The Morgan fingerprint density at radius 2 is 2.04 bits per heavy atom. The van der Waals surface area contributed by atoms with Gasteiger partial charge in [-0.2, -0.15) is 4.98 Å². The Bertz CT molecular complexity index is 715. The number of pyridine rings is 1. The van der Waals surface area contributed by atoms with Gasteiger partial charge in [0.05, 0.1) is 11.2 Å². The van der Waals surface area contributed by atoms with E-state index in [2.05, 4.69) is 29.0 Å². The topological polar surface area (TPSA) is 72.5 Å². The van der Waals surface area contributed by atoms with E-state index < -0.39 is 5.60 Å². The fourth-order valence-electron chi connectivity index (χ4n) is 2.41. The SMILES string of the molecule is CCC(CC)n1c(O)nc2ncc(Cl)c(/C=N/OC(C)(C)C)c21. The Hall–Kier alpha value is -1.82. The van der Waals surface area contributed by atoms with Crippen molar-refractivity contribution in [3.63, 3.8) is 0 Å². The van der Waals surface area contributed by atoms with Gasteiger partial charge in [0.1, 0.15) is 11.1 Å². The average molecular weight is 339 g/mol. The lowest BCUT2D eigenvalue weighted by Gasteiger charge is -2.17. The molecule has 0 saturated heterocycles. The van der Waals surface area contributed by atoms with E-state index in [9.17, 15) is 5.11 Å². The lowest BCUT2D eigenvalue weighted by molar-refractivity contribution is 0.00200. The van der Waals surface area contributed by atoms with Crippen LogP contribution in [0.3, 0.4) is 0 Å². The maximum atomic E-state index is 10.2. The molecular formula is C16H23ClN4O2. The Labute approximate surface area is 141 Å². The lowest BCUT2D eigenvalue weighted by Crippen LogP contribution is -2.15. The number of hydrogen-bond acceptors (Lipinski definition) is 5. The van der Waals surface area contributed by atoms with Gasteiger partial charge in [-0.1, -0.05) is 30.6 Å². The smallest absolute Gasteiger partial charge is 0.296 e. The number of aromatic nitrogens is 3. The third-order valence-electron chi connectivity index (χ3n) is 3.50. The summed E-state index contributed by atoms with van der Waals surface area (Å²) in [6, 6.07) is 0.0470. The summed E-state index contributed by atoms with van der Waals surface area (Å²) in [5.41, 5.74) is 1.36. The number of halogens is 1. The normalized spacial score (nSPS) is 12.7. The van der Waals surface area contributed by atoms with Crippen LogP contribution in [0.25, 0.3) is 11.2 Å². The van der Waals surface area contributed by atoms with Crippen LogP contribution in [0.5, 0.6) is 6.01 Å². The minimum atomic E-state index is -0.396. The van der Waals surface area contributed by atoms with E-state index in [1.54, 1.807) is 10.8 Å². The zero-order valence-corrected chi connectivity index (χ0v) is 14.9. The van der Waals surface area contributed by atoms with Gasteiger partial charge in [0.2, 0.25) is 0 Å². The first-order chi connectivity index (χ1) is 10.8. The number of fused-ring (bicyclic) bond motifs is 1. The molecule has 0 fully saturated rings. The molecule has 2 aromatic rings. The highest BCUT2D eigenvalue weighted by Crippen LogP contribution is 2.32. The molecule has 0 aliphatic carbocycles. The van der Waals surface area contributed by atoms with Gasteiger partial charge in [-0.3, -0.25) is 4.57 Å². The Morgan fingerprint density at radius 1 is 1.39 bits per heavy atom. The lowest BCUT2D eigenvalue weighted by atomic mass is 10.1. The second-order valence-electron chi connectivity index (χ2n) is 6.38. The van der Waals surface area contributed by atoms with E-state index in [0.717, 1.165) is 12.8 Å². The predicted molar refractivity (Wildman–Crippen MR) is 92.3 cm³/mol. The molecule has 2 aromatic heterocycles. The van der Waals surface area contributed by atoms with Crippen LogP contribution in [0.2, 0.25) is 5.02 Å². The maximum absolute atomic E-state index is 10.2. The van der Waals surface area contributed by atoms with Gasteiger partial charge in [-0.15, -0.1) is 0 Å². The van der Waals surface area contributed by atoms with Crippen molar-refractivity contribution in [1.82, 2.24) is 14.5 Å². The Kier molecular flexibility index (Phi) is 5.14. The molecule has 6 nitrogen and oxygen atoms in total. The summed E-state index contributed by atoms with van der Waals surface area (Å²) in [6.45, 7) is 9.86.